The van der Waals surface area contributed by atoms with Crippen LogP contribution in [0, 0.1) is 6.92 Å². The number of amides is 1. The molecule has 1 aromatic heterocycles. The van der Waals surface area contributed by atoms with Crippen molar-refractivity contribution in [2.75, 3.05) is 6.61 Å². The number of benzene rings is 1. The van der Waals surface area contributed by atoms with Crippen LogP contribution in [0.3, 0.4) is 0 Å². The van der Waals surface area contributed by atoms with Crippen LogP contribution in [0.4, 0.5) is 0 Å². The van der Waals surface area contributed by atoms with Gasteiger partial charge in [0.15, 0.2) is 5.82 Å². The van der Waals surface area contributed by atoms with Crippen molar-refractivity contribution in [3.8, 4) is 11.4 Å². The summed E-state index contributed by atoms with van der Waals surface area (Å²) in [5, 5.41) is 12.6. The maximum atomic E-state index is 12.2. The lowest BCUT2D eigenvalue weighted by Gasteiger charge is -2.14. The van der Waals surface area contributed by atoms with Crippen molar-refractivity contribution in [1.29, 1.82) is 0 Å². The average Bonchev–Trinajstić information content (AvgIpc) is 2.52. The van der Waals surface area contributed by atoms with Gasteiger partial charge in [-0.25, -0.2) is 9.97 Å². The van der Waals surface area contributed by atoms with Crippen molar-refractivity contribution >= 4 is 17.5 Å². The number of nitrogens with zero attached hydrogens (tertiary/aromatic N) is 2. The van der Waals surface area contributed by atoms with E-state index in [0.29, 0.717) is 23.0 Å². The molecule has 0 radical (unpaired) electrons. The van der Waals surface area contributed by atoms with Crippen LogP contribution in [0.1, 0.15) is 29.5 Å². The van der Waals surface area contributed by atoms with E-state index in [-0.39, 0.29) is 24.2 Å². The zero-order valence-corrected chi connectivity index (χ0v) is 13.3. The first-order valence-electron chi connectivity index (χ1n) is 7.06. The molecule has 2 N–H and O–H groups in total. The Hall–Kier alpha value is -1.98. The second kappa shape index (κ2) is 7.33. The van der Waals surface area contributed by atoms with Crippen LogP contribution in [0.2, 0.25) is 5.02 Å². The van der Waals surface area contributed by atoms with E-state index in [1.165, 1.54) is 0 Å². The predicted octanol–water partition coefficient (Wildman–Crippen LogP) is 2.61. The van der Waals surface area contributed by atoms with E-state index in [0.717, 1.165) is 5.56 Å². The number of aliphatic hydroxyl groups excluding tert-OH is 1. The number of carbonyl (C=O) groups is 1. The second-order valence-electron chi connectivity index (χ2n) is 4.99. The molecule has 2 aromatic rings. The average molecular weight is 320 g/mol. The fourth-order valence-corrected chi connectivity index (χ4v) is 2.08. The third-order valence-corrected chi connectivity index (χ3v) is 3.49. The van der Waals surface area contributed by atoms with Crippen molar-refractivity contribution in [3.05, 3.63) is 46.7 Å². The van der Waals surface area contributed by atoms with Gasteiger partial charge >= 0.3 is 0 Å². The molecule has 1 unspecified atom stereocenters. The lowest BCUT2D eigenvalue weighted by Crippen LogP contribution is -2.37. The summed E-state index contributed by atoms with van der Waals surface area (Å²) in [4.78, 5) is 20.9. The van der Waals surface area contributed by atoms with Gasteiger partial charge in [0.05, 0.1) is 12.6 Å². The van der Waals surface area contributed by atoms with Crippen LogP contribution in [0.15, 0.2) is 30.3 Å². The van der Waals surface area contributed by atoms with Crippen LogP contribution in [0.25, 0.3) is 11.4 Å². The number of hydrogen-bond acceptors (Lipinski definition) is 4. The first-order chi connectivity index (χ1) is 10.5. The summed E-state index contributed by atoms with van der Waals surface area (Å²) < 4.78 is 0. The van der Waals surface area contributed by atoms with Crippen molar-refractivity contribution in [1.82, 2.24) is 15.3 Å². The van der Waals surface area contributed by atoms with E-state index in [1.807, 2.05) is 6.92 Å². The molecule has 0 spiro atoms. The van der Waals surface area contributed by atoms with Crippen LogP contribution >= 0.6 is 11.6 Å². The quantitative estimate of drug-likeness (QED) is 0.888. The number of halogens is 1. The summed E-state index contributed by atoms with van der Waals surface area (Å²) in [5.74, 6) is 0.153. The Morgan fingerprint density at radius 3 is 2.59 bits per heavy atom. The summed E-state index contributed by atoms with van der Waals surface area (Å²) in [6, 6.07) is 8.46. The van der Waals surface area contributed by atoms with Gasteiger partial charge in [-0.05, 0) is 43.7 Å². The lowest BCUT2D eigenvalue weighted by molar-refractivity contribution is 0.0909. The molecule has 2 rings (SSSR count). The standard InChI is InChI=1S/C16H18ClN3O2/c1-3-13(9-21)19-16(22)14-8-10(2)18-15(20-14)11-4-6-12(17)7-5-11/h4-8,13,21H,3,9H2,1-2H3,(H,19,22). The third kappa shape index (κ3) is 4.02. The van der Waals surface area contributed by atoms with Crippen LogP contribution < -0.4 is 5.32 Å². The molecule has 0 aliphatic heterocycles. The molecule has 0 saturated carbocycles. The minimum atomic E-state index is -0.318. The number of hydrogen-bond donors (Lipinski definition) is 2. The van der Waals surface area contributed by atoms with E-state index in [2.05, 4.69) is 15.3 Å². The molecule has 5 nitrogen and oxygen atoms in total. The molecule has 1 heterocycles. The molecule has 1 atom stereocenters. The molecule has 6 heteroatoms. The van der Waals surface area contributed by atoms with Gasteiger partial charge in [-0.2, -0.15) is 0 Å². The van der Waals surface area contributed by atoms with E-state index < -0.39 is 0 Å². The molecular weight excluding hydrogens is 302 g/mol. The van der Waals surface area contributed by atoms with Gasteiger partial charge < -0.3 is 10.4 Å². The largest absolute Gasteiger partial charge is 0.394 e. The Bertz CT molecular complexity index is 655. The number of aromatic nitrogens is 2. The van der Waals surface area contributed by atoms with Gasteiger partial charge in [-0.3, -0.25) is 4.79 Å². The first kappa shape index (κ1) is 16.4. The highest BCUT2D eigenvalue weighted by Crippen LogP contribution is 2.19. The van der Waals surface area contributed by atoms with Gasteiger partial charge in [-0.1, -0.05) is 18.5 Å². The molecule has 22 heavy (non-hydrogen) atoms. The molecule has 0 bridgehead atoms. The SMILES string of the molecule is CCC(CO)NC(=O)c1cc(C)nc(-c2ccc(Cl)cc2)n1. The highest BCUT2D eigenvalue weighted by molar-refractivity contribution is 6.30. The molecule has 1 aromatic carbocycles. The maximum absolute atomic E-state index is 12.2. The van der Waals surface area contributed by atoms with Crippen molar-refractivity contribution in [3.63, 3.8) is 0 Å². The highest BCUT2D eigenvalue weighted by Gasteiger charge is 2.15. The van der Waals surface area contributed by atoms with Gasteiger partial charge in [0.1, 0.15) is 5.69 Å². The smallest absolute Gasteiger partial charge is 0.270 e. The minimum Gasteiger partial charge on any atom is -0.394 e. The Morgan fingerprint density at radius 1 is 1.32 bits per heavy atom. The van der Waals surface area contributed by atoms with Gasteiger partial charge in [0, 0.05) is 16.3 Å². The molecular formula is C16H18ClN3O2. The summed E-state index contributed by atoms with van der Waals surface area (Å²) >= 11 is 5.87. The van der Waals surface area contributed by atoms with Crippen molar-refractivity contribution in [2.24, 2.45) is 0 Å². The Kier molecular flexibility index (Phi) is 5.46. The zero-order valence-electron chi connectivity index (χ0n) is 12.5. The van der Waals surface area contributed by atoms with Crippen molar-refractivity contribution in [2.45, 2.75) is 26.3 Å². The minimum absolute atomic E-state index is 0.101. The molecule has 0 saturated heterocycles. The van der Waals surface area contributed by atoms with Crippen LogP contribution in [-0.2, 0) is 0 Å². The Morgan fingerprint density at radius 2 is 2.00 bits per heavy atom. The van der Waals surface area contributed by atoms with E-state index in [1.54, 1.807) is 37.3 Å². The lowest BCUT2D eigenvalue weighted by atomic mass is 10.2. The Labute approximate surface area is 134 Å². The van der Waals surface area contributed by atoms with Crippen LogP contribution in [0.5, 0.6) is 0 Å². The van der Waals surface area contributed by atoms with Crippen molar-refractivity contribution < 1.29 is 9.90 Å². The third-order valence-electron chi connectivity index (χ3n) is 3.24. The van der Waals surface area contributed by atoms with Gasteiger partial charge in [0.2, 0.25) is 0 Å². The topological polar surface area (TPSA) is 75.1 Å². The normalized spacial score (nSPS) is 12.0. The van der Waals surface area contributed by atoms with E-state index in [4.69, 9.17) is 11.6 Å². The fraction of sp³-hybridized carbons (Fsp3) is 0.312. The summed E-state index contributed by atoms with van der Waals surface area (Å²) in [5.41, 5.74) is 1.77. The number of carbonyl (C=O) groups excluding carboxylic acids is 1. The molecule has 0 aliphatic carbocycles. The molecule has 1 amide bonds. The summed E-state index contributed by atoms with van der Waals surface area (Å²) in [6.45, 7) is 3.60. The number of aliphatic hydroxyl groups is 1. The van der Waals surface area contributed by atoms with E-state index in [9.17, 15) is 9.90 Å². The molecule has 116 valence electrons. The van der Waals surface area contributed by atoms with Gasteiger partial charge in [-0.15, -0.1) is 0 Å². The first-order valence-corrected chi connectivity index (χ1v) is 7.44. The number of rotatable bonds is 5. The molecule has 0 aliphatic rings. The monoisotopic (exact) mass is 319 g/mol. The zero-order chi connectivity index (χ0) is 16.1. The number of aryl methyl sites for hydroxylation is 1. The fourth-order valence-electron chi connectivity index (χ4n) is 1.95. The Balaban J connectivity index is 2.30. The summed E-state index contributed by atoms with van der Waals surface area (Å²) in [6.07, 6.45) is 0.649. The van der Waals surface area contributed by atoms with Crippen LogP contribution in [-0.4, -0.2) is 33.6 Å². The second-order valence-corrected chi connectivity index (χ2v) is 5.42. The highest BCUT2D eigenvalue weighted by atomic mass is 35.5. The number of nitrogens with one attached hydrogen (secondary N) is 1. The van der Waals surface area contributed by atoms with Gasteiger partial charge in [0.25, 0.3) is 5.91 Å². The molecule has 0 fully saturated rings. The maximum Gasteiger partial charge on any atom is 0.270 e. The van der Waals surface area contributed by atoms with E-state index >= 15 is 0 Å². The summed E-state index contributed by atoms with van der Waals surface area (Å²) in [7, 11) is 0. The predicted molar refractivity (Wildman–Crippen MR) is 85.8 cm³/mol.